The summed E-state index contributed by atoms with van der Waals surface area (Å²) in [7, 11) is 1.99. The molecule has 0 aliphatic heterocycles. The quantitative estimate of drug-likeness (QED) is 0.743. The fourth-order valence-corrected chi connectivity index (χ4v) is 3.38. The number of rotatable bonds is 4. The van der Waals surface area contributed by atoms with Gasteiger partial charge in [-0.1, -0.05) is 25.2 Å². The predicted molar refractivity (Wildman–Crippen MR) is 82.8 cm³/mol. The topological polar surface area (TPSA) is 60.9 Å². The molecule has 0 saturated carbocycles. The number of aromatic nitrogens is 6. The molecule has 0 fully saturated rings. The largest absolute Gasteiger partial charge is 0.272 e. The molecular formula is C14H20N6S. The molecule has 3 aromatic heterocycles. The van der Waals surface area contributed by atoms with Crippen LogP contribution in [0.4, 0.5) is 0 Å². The lowest BCUT2D eigenvalue weighted by Crippen LogP contribution is -2.00. The van der Waals surface area contributed by atoms with Crippen molar-refractivity contribution < 1.29 is 0 Å². The summed E-state index contributed by atoms with van der Waals surface area (Å²) in [5.74, 6) is 1.26. The van der Waals surface area contributed by atoms with Gasteiger partial charge in [0.2, 0.25) is 4.96 Å². The molecule has 6 nitrogen and oxygen atoms in total. The Kier molecular flexibility index (Phi) is 3.52. The third kappa shape index (κ3) is 2.46. The highest BCUT2D eigenvalue weighted by molar-refractivity contribution is 7.16. The molecule has 3 heterocycles. The maximum absolute atomic E-state index is 4.66. The van der Waals surface area contributed by atoms with E-state index in [0.29, 0.717) is 5.92 Å². The van der Waals surface area contributed by atoms with Crippen LogP contribution in [0.15, 0.2) is 0 Å². The molecule has 112 valence electrons. The van der Waals surface area contributed by atoms with E-state index in [1.165, 1.54) is 11.3 Å². The first-order valence-corrected chi connectivity index (χ1v) is 7.99. The van der Waals surface area contributed by atoms with Crippen LogP contribution in [0.1, 0.15) is 47.5 Å². The number of nitrogens with zero attached hydrogens (tertiary/aromatic N) is 6. The van der Waals surface area contributed by atoms with E-state index in [1.54, 1.807) is 11.3 Å². The van der Waals surface area contributed by atoms with Gasteiger partial charge >= 0.3 is 0 Å². The Hall–Kier alpha value is -1.76. The van der Waals surface area contributed by atoms with Crippen LogP contribution in [0.25, 0.3) is 4.96 Å². The van der Waals surface area contributed by atoms with Crippen LogP contribution in [-0.4, -0.2) is 29.6 Å². The van der Waals surface area contributed by atoms with Crippen LogP contribution in [-0.2, 0) is 19.9 Å². The molecule has 0 spiro atoms. The Morgan fingerprint density at radius 3 is 2.48 bits per heavy atom. The maximum atomic E-state index is 4.66. The van der Waals surface area contributed by atoms with Gasteiger partial charge in [-0.15, -0.1) is 10.2 Å². The monoisotopic (exact) mass is 304 g/mol. The van der Waals surface area contributed by atoms with E-state index < -0.39 is 0 Å². The average Bonchev–Trinajstić information content (AvgIpc) is 3.02. The van der Waals surface area contributed by atoms with E-state index in [4.69, 9.17) is 0 Å². The van der Waals surface area contributed by atoms with E-state index in [-0.39, 0.29) is 0 Å². The van der Waals surface area contributed by atoms with Crippen molar-refractivity contribution in [1.29, 1.82) is 0 Å². The summed E-state index contributed by atoms with van der Waals surface area (Å²) in [4.78, 5) is 0.883. The third-order valence-electron chi connectivity index (χ3n) is 3.82. The van der Waals surface area contributed by atoms with Gasteiger partial charge in [0.05, 0.1) is 5.69 Å². The standard InChI is InChI=1S/C14H20N6S/c1-8(2)13-15-16-14-20(13)18-12(21-14)7-6-11-9(3)17-19(5)10(11)4/h8H,6-7H2,1-5H3. The minimum atomic E-state index is 0.331. The van der Waals surface area contributed by atoms with Crippen molar-refractivity contribution in [2.24, 2.45) is 7.05 Å². The molecule has 0 bridgehead atoms. The van der Waals surface area contributed by atoms with Gasteiger partial charge in [0, 0.05) is 25.1 Å². The van der Waals surface area contributed by atoms with E-state index >= 15 is 0 Å². The van der Waals surface area contributed by atoms with E-state index in [2.05, 4.69) is 48.1 Å². The summed E-state index contributed by atoms with van der Waals surface area (Å²) in [6, 6.07) is 0. The van der Waals surface area contributed by atoms with Crippen LogP contribution in [0, 0.1) is 13.8 Å². The van der Waals surface area contributed by atoms with Crippen molar-refractivity contribution in [2.45, 2.75) is 46.5 Å². The lowest BCUT2D eigenvalue weighted by atomic mass is 10.1. The highest BCUT2D eigenvalue weighted by atomic mass is 32.1. The van der Waals surface area contributed by atoms with Crippen molar-refractivity contribution in [1.82, 2.24) is 29.6 Å². The summed E-state index contributed by atoms with van der Waals surface area (Å²) in [5, 5.41) is 18.6. The van der Waals surface area contributed by atoms with E-state index in [1.807, 2.05) is 16.2 Å². The first kappa shape index (κ1) is 14.2. The van der Waals surface area contributed by atoms with Gasteiger partial charge in [-0.3, -0.25) is 4.68 Å². The van der Waals surface area contributed by atoms with Gasteiger partial charge in [-0.2, -0.15) is 14.7 Å². The van der Waals surface area contributed by atoms with Crippen molar-refractivity contribution in [3.63, 3.8) is 0 Å². The Balaban J connectivity index is 1.82. The molecule has 3 aromatic rings. The van der Waals surface area contributed by atoms with Crippen LogP contribution < -0.4 is 0 Å². The van der Waals surface area contributed by atoms with Crippen molar-refractivity contribution in [3.05, 3.63) is 27.8 Å². The first-order chi connectivity index (χ1) is 9.97. The zero-order valence-electron chi connectivity index (χ0n) is 13.1. The second-order valence-corrected chi connectivity index (χ2v) is 6.72. The molecule has 0 unspecified atom stereocenters. The second-order valence-electron chi connectivity index (χ2n) is 5.68. The molecule has 3 rings (SSSR count). The van der Waals surface area contributed by atoms with Gasteiger partial charge in [0.15, 0.2) is 5.82 Å². The SMILES string of the molecule is Cc1nn(C)c(C)c1CCc1nn2c(C(C)C)nnc2s1. The first-order valence-electron chi connectivity index (χ1n) is 7.17. The molecule has 0 aromatic carbocycles. The Morgan fingerprint density at radius 1 is 1.10 bits per heavy atom. The lowest BCUT2D eigenvalue weighted by molar-refractivity contribution is 0.714. The molecule has 0 saturated heterocycles. The minimum absolute atomic E-state index is 0.331. The summed E-state index contributed by atoms with van der Waals surface area (Å²) in [6.07, 6.45) is 1.88. The molecule has 21 heavy (non-hydrogen) atoms. The molecule has 0 N–H and O–H groups in total. The molecular weight excluding hydrogens is 284 g/mol. The van der Waals surface area contributed by atoms with Crippen LogP contribution in [0.2, 0.25) is 0 Å². The molecule has 0 aliphatic rings. The van der Waals surface area contributed by atoms with Gasteiger partial charge in [-0.25, -0.2) is 0 Å². The van der Waals surface area contributed by atoms with E-state index in [0.717, 1.165) is 34.3 Å². The second kappa shape index (κ2) is 5.22. The van der Waals surface area contributed by atoms with Gasteiger partial charge in [0.1, 0.15) is 5.01 Å². The normalized spacial score (nSPS) is 11.9. The number of aryl methyl sites for hydroxylation is 3. The van der Waals surface area contributed by atoms with Gasteiger partial charge < -0.3 is 0 Å². The number of fused-ring (bicyclic) bond motifs is 1. The van der Waals surface area contributed by atoms with E-state index in [9.17, 15) is 0 Å². The fraction of sp³-hybridized carbons (Fsp3) is 0.571. The highest BCUT2D eigenvalue weighted by Crippen LogP contribution is 2.21. The van der Waals surface area contributed by atoms with Crippen LogP contribution in [0.3, 0.4) is 0 Å². The molecule has 0 atom stereocenters. The summed E-state index contributed by atoms with van der Waals surface area (Å²) >= 11 is 1.62. The third-order valence-corrected chi connectivity index (χ3v) is 4.78. The zero-order valence-corrected chi connectivity index (χ0v) is 13.9. The molecule has 7 heteroatoms. The summed E-state index contributed by atoms with van der Waals surface area (Å²) < 4.78 is 3.83. The molecule has 0 amide bonds. The average molecular weight is 304 g/mol. The summed E-state index contributed by atoms with van der Waals surface area (Å²) in [5.41, 5.74) is 3.67. The molecule has 0 aliphatic carbocycles. The van der Waals surface area contributed by atoms with Crippen molar-refractivity contribution in [2.75, 3.05) is 0 Å². The highest BCUT2D eigenvalue weighted by Gasteiger charge is 2.15. The van der Waals surface area contributed by atoms with Gasteiger partial charge in [-0.05, 0) is 25.8 Å². The zero-order chi connectivity index (χ0) is 15.1. The fourth-order valence-electron chi connectivity index (χ4n) is 2.54. The number of hydrogen-bond donors (Lipinski definition) is 0. The Morgan fingerprint density at radius 2 is 1.86 bits per heavy atom. The lowest BCUT2D eigenvalue weighted by Gasteiger charge is -2.00. The minimum Gasteiger partial charge on any atom is -0.272 e. The smallest absolute Gasteiger partial charge is 0.234 e. The Bertz CT molecular complexity index is 779. The molecule has 0 radical (unpaired) electrons. The van der Waals surface area contributed by atoms with Crippen molar-refractivity contribution >= 4 is 16.3 Å². The summed E-state index contributed by atoms with van der Waals surface area (Å²) in [6.45, 7) is 8.40. The van der Waals surface area contributed by atoms with Crippen LogP contribution >= 0.6 is 11.3 Å². The van der Waals surface area contributed by atoms with Crippen molar-refractivity contribution in [3.8, 4) is 0 Å². The number of hydrogen-bond acceptors (Lipinski definition) is 5. The maximum Gasteiger partial charge on any atom is 0.234 e. The van der Waals surface area contributed by atoms with Crippen LogP contribution in [0.5, 0.6) is 0 Å². The Labute approximate surface area is 127 Å². The predicted octanol–water partition coefficient (Wildman–Crippen LogP) is 2.44. The van der Waals surface area contributed by atoms with Gasteiger partial charge in [0.25, 0.3) is 0 Å².